The van der Waals surface area contributed by atoms with Crippen LogP contribution in [0, 0.1) is 0 Å². The topological polar surface area (TPSA) is 115 Å². The molecule has 1 aromatic carbocycles. The lowest BCUT2D eigenvalue weighted by Gasteiger charge is -2.11. The molecular weight excluding hydrogens is 322 g/mol. The maximum absolute atomic E-state index is 12.0. The number of amides is 2. The van der Waals surface area contributed by atoms with Gasteiger partial charge in [-0.3, -0.25) is 4.98 Å². The van der Waals surface area contributed by atoms with Gasteiger partial charge in [0, 0.05) is 11.2 Å². The van der Waals surface area contributed by atoms with Gasteiger partial charge in [-0.1, -0.05) is 11.6 Å². The van der Waals surface area contributed by atoms with Gasteiger partial charge in [0.15, 0.2) is 5.49 Å². The zero-order valence-corrected chi connectivity index (χ0v) is 12.9. The van der Waals surface area contributed by atoms with Gasteiger partial charge >= 0.3 is 6.03 Å². The minimum atomic E-state index is -0.702. The largest absolute Gasteiger partial charge is 0.491 e. The van der Waals surface area contributed by atoms with Crippen LogP contribution in [0.1, 0.15) is 6.42 Å². The van der Waals surface area contributed by atoms with Crippen molar-refractivity contribution < 1.29 is 14.7 Å². The van der Waals surface area contributed by atoms with Gasteiger partial charge in [0.1, 0.15) is 5.75 Å². The van der Waals surface area contributed by atoms with E-state index >= 15 is 0 Å². The van der Waals surface area contributed by atoms with Crippen molar-refractivity contribution in [1.29, 1.82) is 0 Å². The smallest absolute Gasteiger partial charge is 0.347 e. The summed E-state index contributed by atoms with van der Waals surface area (Å²) in [4.78, 5) is 19.5. The minimum Gasteiger partial charge on any atom is -0.491 e. The Morgan fingerprint density at radius 3 is 3.09 bits per heavy atom. The van der Waals surface area contributed by atoms with Crippen LogP contribution in [0.3, 0.4) is 0 Å². The number of hydrogen-bond donors (Lipinski definition) is 3. The van der Waals surface area contributed by atoms with Crippen molar-refractivity contribution in [2.75, 3.05) is 18.5 Å². The Labute approximate surface area is 137 Å². The third-order valence-electron chi connectivity index (χ3n) is 2.72. The van der Waals surface area contributed by atoms with E-state index in [0.29, 0.717) is 40.8 Å². The van der Waals surface area contributed by atoms with E-state index in [1.165, 1.54) is 18.6 Å². The van der Waals surface area contributed by atoms with Crippen molar-refractivity contribution in [2.24, 2.45) is 10.7 Å². The lowest BCUT2D eigenvalue weighted by atomic mass is 10.3. The van der Waals surface area contributed by atoms with E-state index in [1.807, 2.05) is 0 Å². The Hall–Kier alpha value is -2.58. The molecule has 0 fully saturated rings. The zero-order valence-electron chi connectivity index (χ0n) is 12.1. The molecule has 0 aliphatic carbocycles. The molecule has 23 heavy (non-hydrogen) atoms. The summed E-state index contributed by atoms with van der Waals surface area (Å²) in [6.45, 7) is 0.916. The summed E-state index contributed by atoms with van der Waals surface area (Å²) in [5.74, 6) is 0.453. The number of urea groups is 1. The fraction of sp³-hybridized carbons (Fsp3) is 0.214. The Morgan fingerprint density at radius 1 is 1.52 bits per heavy atom. The van der Waals surface area contributed by atoms with Crippen LogP contribution in [-0.4, -0.2) is 34.1 Å². The number of rotatable bonds is 5. The molecule has 0 saturated carbocycles. The molecular formula is C14H16ClN5O3. The molecule has 9 heteroatoms. The van der Waals surface area contributed by atoms with Gasteiger partial charge in [-0.15, -0.1) is 0 Å². The highest BCUT2D eigenvalue weighted by atomic mass is 35.5. The first kappa shape index (κ1) is 16.8. The second-order valence-electron chi connectivity index (χ2n) is 4.45. The lowest BCUT2D eigenvalue weighted by Crippen LogP contribution is -2.22. The van der Waals surface area contributed by atoms with Crippen molar-refractivity contribution in [3.05, 3.63) is 47.3 Å². The molecule has 0 radical (unpaired) electrons. The number of nitrogens with one attached hydrogen (secondary N) is 1. The van der Waals surface area contributed by atoms with Crippen LogP contribution in [-0.2, 0) is 0 Å². The first-order valence-corrected chi connectivity index (χ1v) is 7.18. The number of carbonyl (C=O) groups is 1. The van der Waals surface area contributed by atoms with Gasteiger partial charge in [-0.2, -0.15) is 9.72 Å². The van der Waals surface area contributed by atoms with Crippen molar-refractivity contribution in [2.45, 2.75) is 6.42 Å². The predicted octanol–water partition coefficient (Wildman–Crippen LogP) is 1.63. The fourth-order valence-corrected chi connectivity index (χ4v) is 1.84. The molecule has 0 aliphatic heterocycles. The molecule has 2 rings (SSSR count). The van der Waals surface area contributed by atoms with Crippen molar-refractivity contribution in [3.8, 4) is 5.75 Å². The highest BCUT2D eigenvalue weighted by Crippen LogP contribution is 2.28. The van der Waals surface area contributed by atoms with Crippen LogP contribution in [0.15, 0.2) is 41.8 Å². The van der Waals surface area contributed by atoms with Crippen LogP contribution < -0.4 is 21.3 Å². The molecule has 0 unspecified atom stereocenters. The molecule has 4 N–H and O–H groups in total. The Bertz CT molecular complexity index is 747. The fourth-order valence-electron chi connectivity index (χ4n) is 1.67. The van der Waals surface area contributed by atoms with E-state index in [0.717, 1.165) is 0 Å². The van der Waals surface area contributed by atoms with E-state index in [4.69, 9.17) is 22.1 Å². The third-order valence-corrected chi connectivity index (χ3v) is 2.96. The van der Waals surface area contributed by atoms with Crippen molar-refractivity contribution in [3.63, 3.8) is 0 Å². The Morgan fingerprint density at radius 2 is 2.35 bits per heavy atom. The second-order valence-corrected chi connectivity index (χ2v) is 4.89. The van der Waals surface area contributed by atoms with E-state index < -0.39 is 6.03 Å². The number of aromatic nitrogens is 2. The number of nitrogens with two attached hydrogens (primary N) is 1. The molecule has 8 nitrogen and oxygen atoms in total. The summed E-state index contributed by atoms with van der Waals surface area (Å²) in [5.41, 5.74) is 5.77. The molecule has 122 valence electrons. The minimum absolute atomic E-state index is 0.0161. The van der Waals surface area contributed by atoms with E-state index in [9.17, 15) is 10.0 Å². The number of carbonyl (C=O) groups excluding carboxylic acids is 1. The van der Waals surface area contributed by atoms with Gasteiger partial charge in [0.25, 0.3) is 0 Å². The van der Waals surface area contributed by atoms with Crippen LogP contribution >= 0.6 is 11.6 Å². The van der Waals surface area contributed by atoms with Gasteiger partial charge < -0.3 is 21.0 Å². The average molecular weight is 338 g/mol. The molecule has 1 aromatic heterocycles. The van der Waals surface area contributed by atoms with E-state index in [2.05, 4.69) is 15.3 Å². The summed E-state index contributed by atoms with van der Waals surface area (Å²) in [7, 11) is 0. The molecule has 0 aliphatic rings. The summed E-state index contributed by atoms with van der Waals surface area (Å²) in [6.07, 6.45) is 4.54. The predicted molar refractivity (Wildman–Crippen MR) is 84.6 cm³/mol. The van der Waals surface area contributed by atoms with Crippen molar-refractivity contribution >= 4 is 23.3 Å². The van der Waals surface area contributed by atoms with E-state index in [1.54, 1.807) is 18.2 Å². The van der Waals surface area contributed by atoms with Gasteiger partial charge in [-0.25, -0.2) is 4.79 Å². The maximum Gasteiger partial charge on any atom is 0.347 e. The molecule has 0 bridgehead atoms. The Balaban J connectivity index is 2.18. The van der Waals surface area contributed by atoms with Crippen LogP contribution in [0.5, 0.6) is 5.75 Å². The maximum atomic E-state index is 12.0. The number of halogens is 1. The quantitative estimate of drug-likeness (QED) is 0.566. The summed E-state index contributed by atoms with van der Waals surface area (Å²) >= 11 is 5.94. The molecule has 2 aromatic rings. The Kier molecular flexibility index (Phi) is 5.95. The van der Waals surface area contributed by atoms with E-state index in [-0.39, 0.29) is 5.49 Å². The SMILES string of the molecule is NCCCOc1ccc(Cl)cc1NC(=O)/N=c1\cnccn1O. The molecule has 1 heterocycles. The number of anilines is 1. The van der Waals surface area contributed by atoms with Gasteiger partial charge in [0.05, 0.1) is 24.7 Å². The standard InChI is InChI=1S/C14H16ClN5O3/c15-10-2-3-12(23-7-1-4-16)11(8-10)18-14(21)19-13-9-17-5-6-20(13)22/h2-3,5-6,8-9,22H,1,4,7,16H2,(H,18,21)/b19-13+. The first-order valence-electron chi connectivity index (χ1n) is 6.80. The highest BCUT2D eigenvalue weighted by molar-refractivity contribution is 6.31. The second kappa shape index (κ2) is 8.16. The number of nitrogens with zero attached hydrogens (tertiary/aromatic N) is 3. The summed E-state index contributed by atoms with van der Waals surface area (Å²) in [6, 6.07) is 4.13. The average Bonchev–Trinajstić information content (AvgIpc) is 2.52. The third kappa shape index (κ3) is 4.97. The highest BCUT2D eigenvalue weighted by Gasteiger charge is 2.08. The van der Waals surface area contributed by atoms with Crippen LogP contribution in [0.25, 0.3) is 0 Å². The number of ether oxygens (including phenoxy) is 1. The number of benzene rings is 1. The summed E-state index contributed by atoms with van der Waals surface area (Å²) in [5, 5.41) is 12.5. The lowest BCUT2D eigenvalue weighted by molar-refractivity contribution is 0.170. The molecule has 0 saturated heterocycles. The normalized spacial score (nSPS) is 11.3. The zero-order chi connectivity index (χ0) is 16.7. The monoisotopic (exact) mass is 337 g/mol. The van der Waals surface area contributed by atoms with Crippen molar-refractivity contribution in [1.82, 2.24) is 9.71 Å². The van der Waals surface area contributed by atoms with Gasteiger partial charge in [-0.05, 0) is 31.2 Å². The van der Waals surface area contributed by atoms with Crippen LogP contribution in [0.4, 0.5) is 10.5 Å². The number of hydrogen-bond acceptors (Lipinski definition) is 5. The molecule has 0 spiro atoms. The first-order chi connectivity index (χ1) is 11.1. The summed E-state index contributed by atoms with van der Waals surface area (Å²) < 4.78 is 6.23. The van der Waals surface area contributed by atoms with Crippen LogP contribution in [0.2, 0.25) is 5.02 Å². The molecule has 2 amide bonds. The molecule has 0 atom stereocenters. The van der Waals surface area contributed by atoms with Gasteiger partial charge in [0.2, 0.25) is 0 Å².